The van der Waals surface area contributed by atoms with Crippen molar-refractivity contribution in [3.8, 4) is 5.75 Å². The number of rotatable bonds is 9. The van der Waals surface area contributed by atoms with E-state index in [-0.39, 0.29) is 22.4 Å². The number of halogens is 1. The molecule has 0 radical (unpaired) electrons. The van der Waals surface area contributed by atoms with Gasteiger partial charge in [-0.1, -0.05) is 67.1 Å². The van der Waals surface area contributed by atoms with Gasteiger partial charge < -0.3 is 10.1 Å². The molecule has 0 aliphatic rings. The second-order valence-electron chi connectivity index (χ2n) is 7.08. The molecule has 3 aromatic rings. The van der Waals surface area contributed by atoms with Crippen LogP contribution in [0.3, 0.4) is 0 Å². The minimum absolute atomic E-state index is 0.0601. The highest BCUT2D eigenvalue weighted by atomic mass is 35.5. The van der Waals surface area contributed by atoms with Gasteiger partial charge >= 0.3 is 0 Å². The molecule has 0 aromatic heterocycles. The summed E-state index contributed by atoms with van der Waals surface area (Å²) in [6.45, 7) is 1.52. The highest BCUT2D eigenvalue weighted by Gasteiger charge is 2.30. The van der Waals surface area contributed by atoms with E-state index in [1.807, 2.05) is 37.3 Å². The lowest BCUT2D eigenvalue weighted by Crippen LogP contribution is -2.42. The summed E-state index contributed by atoms with van der Waals surface area (Å²) in [5, 5.41) is 3.26. The molecule has 1 amide bonds. The standard InChI is InChI=1S/C24H25ClN2O4S/c1-3-21(18-10-6-4-7-11-18)26-24(28)17-27(22-16-19(25)14-15-23(22)31-2)32(29,30)20-12-8-5-9-13-20/h4-16,21H,3,17H2,1-2H3,(H,26,28)/t21-/m1/s1. The lowest BCUT2D eigenvalue weighted by atomic mass is 10.0. The third kappa shape index (κ3) is 5.41. The number of carbonyl (C=O) groups excluding carboxylic acids is 1. The molecule has 0 unspecified atom stereocenters. The summed E-state index contributed by atoms with van der Waals surface area (Å²) in [7, 11) is -2.64. The summed E-state index contributed by atoms with van der Waals surface area (Å²) in [5.74, 6) is -0.154. The Hall–Kier alpha value is -3.03. The quantitative estimate of drug-likeness (QED) is 0.484. The second kappa shape index (κ2) is 10.5. The Morgan fingerprint density at radius 1 is 1.03 bits per heavy atom. The van der Waals surface area contributed by atoms with Crippen LogP contribution in [0.1, 0.15) is 24.9 Å². The molecule has 0 bridgehead atoms. The maximum Gasteiger partial charge on any atom is 0.264 e. The van der Waals surface area contributed by atoms with Gasteiger partial charge in [0, 0.05) is 5.02 Å². The first-order valence-electron chi connectivity index (χ1n) is 10.1. The van der Waals surface area contributed by atoms with Crippen molar-refractivity contribution in [2.24, 2.45) is 0 Å². The van der Waals surface area contributed by atoms with Crippen LogP contribution in [0.15, 0.2) is 83.8 Å². The fraction of sp³-hybridized carbons (Fsp3) is 0.208. The molecular formula is C24H25ClN2O4S. The lowest BCUT2D eigenvalue weighted by Gasteiger charge is -2.27. The molecule has 3 aromatic carbocycles. The van der Waals surface area contributed by atoms with E-state index in [4.69, 9.17) is 16.3 Å². The van der Waals surface area contributed by atoms with Crippen LogP contribution in [0.2, 0.25) is 5.02 Å². The van der Waals surface area contributed by atoms with Gasteiger partial charge in [-0.15, -0.1) is 0 Å². The molecule has 6 nitrogen and oxygen atoms in total. The van der Waals surface area contributed by atoms with Crippen LogP contribution in [-0.2, 0) is 14.8 Å². The molecule has 0 saturated heterocycles. The van der Waals surface area contributed by atoms with Gasteiger partial charge in [-0.3, -0.25) is 9.10 Å². The number of ether oxygens (including phenoxy) is 1. The van der Waals surface area contributed by atoms with Gasteiger partial charge in [0.25, 0.3) is 10.0 Å². The molecule has 0 spiro atoms. The summed E-state index contributed by atoms with van der Waals surface area (Å²) < 4.78 is 33.4. The molecule has 168 valence electrons. The zero-order chi connectivity index (χ0) is 23.1. The van der Waals surface area contributed by atoms with Crippen LogP contribution >= 0.6 is 11.6 Å². The number of sulfonamides is 1. The number of nitrogens with one attached hydrogen (secondary N) is 1. The molecule has 0 aliphatic carbocycles. The zero-order valence-corrected chi connectivity index (χ0v) is 19.4. The fourth-order valence-electron chi connectivity index (χ4n) is 3.35. The molecule has 32 heavy (non-hydrogen) atoms. The molecule has 3 rings (SSSR count). The average Bonchev–Trinajstić information content (AvgIpc) is 2.82. The van der Waals surface area contributed by atoms with Crippen LogP contribution in [0.5, 0.6) is 5.75 Å². The van der Waals surface area contributed by atoms with Crippen molar-refractivity contribution in [1.82, 2.24) is 5.32 Å². The number of benzene rings is 3. The molecule has 8 heteroatoms. The monoisotopic (exact) mass is 472 g/mol. The van der Waals surface area contributed by atoms with E-state index in [1.165, 1.54) is 25.3 Å². The molecule has 0 saturated carbocycles. The number of hydrogen-bond donors (Lipinski definition) is 1. The molecule has 1 N–H and O–H groups in total. The third-order valence-electron chi connectivity index (χ3n) is 4.97. The van der Waals surface area contributed by atoms with E-state index in [2.05, 4.69) is 5.32 Å². The van der Waals surface area contributed by atoms with E-state index in [0.717, 1.165) is 9.87 Å². The Morgan fingerprint density at radius 2 is 1.66 bits per heavy atom. The maximum atomic E-state index is 13.5. The summed E-state index contributed by atoms with van der Waals surface area (Å²) >= 11 is 6.16. The minimum atomic E-state index is -4.07. The first-order valence-corrected chi connectivity index (χ1v) is 11.9. The van der Waals surface area contributed by atoms with Crippen molar-refractivity contribution >= 4 is 33.2 Å². The molecule has 0 heterocycles. The zero-order valence-electron chi connectivity index (χ0n) is 17.9. The number of amides is 1. The van der Waals surface area contributed by atoms with Crippen molar-refractivity contribution in [3.05, 3.63) is 89.4 Å². The summed E-state index contributed by atoms with van der Waals surface area (Å²) in [4.78, 5) is 13.1. The SMILES string of the molecule is CC[C@@H](NC(=O)CN(c1cc(Cl)ccc1OC)S(=O)(=O)c1ccccc1)c1ccccc1. The van der Waals surface area contributed by atoms with E-state index in [0.29, 0.717) is 11.4 Å². The first-order chi connectivity index (χ1) is 15.4. The van der Waals surface area contributed by atoms with Gasteiger partial charge in [-0.05, 0) is 42.3 Å². The van der Waals surface area contributed by atoms with Crippen molar-refractivity contribution in [3.63, 3.8) is 0 Å². The van der Waals surface area contributed by atoms with Crippen molar-refractivity contribution in [2.75, 3.05) is 18.0 Å². The van der Waals surface area contributed by atoms with Crippen LogP contribution < -0.4 is 14.4 Å². The smallest absolute Gasteiger partial charge is 0.264 e. The third-order valence-corrected chi connectivity index (χ3v) is 6.98. The van der Waals surface area contributed by atoms with E-state index in [1.54, 1.807) is 30.3 Å². The number of methoxy groups -OCH3 is 1. The summed E-state index contributed by atoms with van der Waals surface area (Å²) in [5.41, 5.74) is 1.13. The van der Waals surface area contributed by atoms with Gasteiger partial charge in [0.2, 0.25) is 5.91 Å². The molecule has 0 fully saturated rings. The predicted octanol–water partition coefficient (Wildman–Crippen LogP) is 4.81. The van der Waals surface area contributed by atoms with Crippen LogP contribution in [0.25, 0.3) is 0 Å². The topological polar surface area (TPSA) is 75.7 Å². The Labute approximate surface area is 193 Å². The average molecular weight is 473 g/mol. The van der Waals surface area contributed by atoms with E-state index in [9.17, 15) is 13.2 Å². The molecule has 1 atom stereocenters. The van der Waals surface area contributed by atoms with Crippen LogP contribution in [-0.4, -0.2) is 28.0 Å². The van der Waals surface area contributed by atoms with Gasteiger partial charge in [-0.2, -0.15) is 0 Å². The lowest BCUT2D eigenvalue weighted by molar-refractivity contribution is -0.120. The highest BCUT2D eigenvalue weighted by molar-refractivity contribution is 7.92. The Kier molecular flexibility index (Phi) is 7.77. The Balaban J connectivity index is 1.98. The van der Waals surface area contributed by atoms with Gasteiger partial charge in [0.1, 0.15) is 12.3 Å². The van der Waals surface area contributed by atoms with Crippen molar-refractivity contribution in [2.45, 2.75) is 24.3 Å². The fourth-order valence-corrected chi connectivity index (χ4v) is 4.96. The normalized spacial score (nSPS) is 12.1. The molecular weight excluding hydrogens is 448 g/mol. The van der Waals surface area contributed by atoms with E-state index < -0.39 is 22.5 Å². The number of carbonyl (C=O) groups is 1. The van der Waals surface area contributed by atoms with Gasteiger partial charge in [0.15, 0.2) is 0 Å². The number of nitrogens with zero attached hydrogens (tertiary/aromatic N) is 1. The first kappa shape index (κ1) is 23.6. The molecule has 0 aliphatic heterocycles. The van der Waals surface area contributed by atoms with E-state index >= 15 is 0 Å². The van der Waals surface area contributed by atoms with Crippen molar-refractivity contribution < 1.29 is 17.9 Å². The highest BCUT2D eigenvalue weighted by Crippen LogP contribution is 2.34. The second-order valence-corrected chi connectivity index (χ2v) is 9.38. The Morgan fingerprint density at radius 3 is 2.25 bits per heavy atom. The van der Waals surface area contributed by atoms with Crippen LogP contribution in [0, 0.1) is 0 Å². The maximum absolute atomic E-state index is 13.5. The van der Waals surface area contributed by atoms with Crippen molar-refractivity contribution in [1.29, 1.82) is 0 Å². The Bertz CT molecular complexity index is 1160. The van der Waals surface area contributed by atoms with Gasteiger partial charge in [-0.25, -0.2) is 8.42 Å². The van der Waals surface area contributed by atoms with Gasteiger partial charge in [0.05, 0.1) is 23.7 Å². The minimum Gasteiger partial charge on any atom is -0.495 e. The number of anilines is 1. The number of hydrogen-bond acceptors (Lipinski definition) is 4. The van der Waals surface area contributed by atoms with Crippen LogP contribution in [0.4, 0.5) is 5.69 Å². The largest absolute Gasteiger partial charge is 0.495 e. The summed E-state index contributed by atoms with van der Waals surface area (Å²) in [6.07, 6.45) is 0.654. The summed E-state index contributed by atoms with van der Waals surface area (Å²) in [6, 6.07) is 21.9. The predicted molar refractivity (Wildman–Crippen MR) is 127 cm³/mol.